The van der Waals surface area contributed by atoms with Crippen LogP contribution in [0, 0.1) is 0 Å². The second kappa shape index (κ2) is 8.46. The summed E-state index contributed by atoms with van der Waals surface area (Å²) in [5, 5.41) is 14.9. The van der Waals surface area contributed by atoms with Crippen molar-refractivity contribution < 1.29 is 9.90 Å². The molecular weight excluding hydrogens is 388 g/mol. The maximum atomic E-state index is 13.0. The maximum Gasteiger partial charge on any atom is 0.253 e. The van der Waals surface area contributed by atoms with Crippen LogP contribution in [0.1, 0.15) is 55.3 Å². The molecule has 7 heteroatoms. The first-order valence-corrected chi connectivity index (χ1v) is 10.9. The predicted molar refractivity (Wildman–Crippen MR) is 117 cm³/mol. The number of carbonyl (C=O) groups excluding carboxylic acids is 1. The second-order valence-corrected chi connectivity index (χ2v) is 8.88. The van der Waals surface area contributed by atoms with Gasteiger partial charge in [-0.15, -0.1) is 0 Å². The van der Waals surface area contributed by atoms with Crippen LogP contribution in [0.15, 0.2) is 24.3 Å². The van der Waals surface area contributed by atoms with Gasteiger partial charge < -0.3 is 21.1 Å². The normalized spacial score (nSPS) is 21.9. The Morgan fingerprint density at radius 1 is 1.24 bits per heavy atom. The van der Waals surface area contributed by atoms with Crippen molar-refractivity contribution in [3.63, 3.8) is 0 Å². The molecule has 1 saturated heterocycles. The fraction of sp³-hybridized carbons (Fsp3) is 0.545. The van der Waals surface area contributed by atoms with Gasteiger partial charge in [-0.3, -0.25) is 4.79 Å². The highest BCUT2D eigenvalue weighted by atomic mass is 35.5. The predicted octanol–water partition coefficient (Wildman–Crippen LogP) is 3.24. The van der Waals surface area contributed by atoms with E-state index in [9.17, 15) is 9.90 Å². The van der Waals surface area contributed by atoms with Crippen LogP contribution < -0.4 is 16.0 Å². The molecule has 29 heavy (non-hydrogen) atoms. The fourth-order valence-electron chi connectivity index (χ4n) is 4.47. The lowest BCUT2D eigenvalue weighted by atomic mass is 9.94. The molecule has 0 radical (unpaired) electrons. The quantitative estimate of drug-likeness (QED) is 0.665. The smallest absolute Gasteiger partial charge is 0.253 e. The van der Waals surface area contributed by atoms with Gasteiger partial charge in [-0.25, -0.2) is 4.98 Å². The second-order valence-electron chi connectivity index (χ2n) is 8.47. The van der Waals surface area contributed by atoms with E-state index in [0.717, 1.165) is 74.8 Å². The Bertz CT molecular complexity index is 896. The van der Waals surface area contributed by atoms with Crippen molar-refractivity contribution in [2.24, 2.45) is 5.73 Å². The summed E-state index contributed by atoms with van der Waals surface area (Å²) in [6, 6.07) is 7.56. The van der Waals surface area contributed by atoms with Crippen LogP contribution in [0.4, 0.5) is 5.82 Å². The van der Waals surface area contributed by atoms with Crippen LogP contribution in [0.5, 0.6) is 0 Å². The van der Waals surface area contributed by atoms with Gasteiger partial charge in [0.25, 0.3) is 5.91 Å². The number of hydrogen-bond donors (Lipinski definition) is 3. The number of amides is 1. The minimum atomic E-state index is -0.830. The summed E-state index contributed by atoms with van der Waals surface area (Å²) in [7, 11) is 0. The molecule has 1 atom stereocenters. The lowest BCUT2D eigenvalue weighted by molar-refractivity contribution is 0.0247. The molecule has 156 valence electrons. The van der Waals surface area contributed by atoms with Gasteiger partial charge in [0.1, 0.15) is 5.82 Å². The van der Waals surface area contributed by atoms with Crippen molar-refractivity contribution in [2.75, 3.05) is 24.5 Å². The van der Waals surface area contributed by atoms with E-state index in [1.165, 1.54) is 0 Å². The van der Waals surface area contributed by atoms with E-state index < -0.39 is 5.60 Å². The number of aliphatic hydroxyl groups is 1. The molecule has 1 aliphatic heterocycles. The van der Waals surface area contributed by atoms with E-state index in [1.807, 2.05) is 18.2 Å². The van der Waals surface area contributed by atoms with Crippen LogP contribution in [-0.4, -0.2) is 47.3 Å². The number of rotatable bonds is 4. The maximum absolute atomic E-state index is 13.0. The van der Waals surface area contributed by atoms with Gasteiger partial charge in [0.15, 0.2) is 0 Å². The lowest BCUT2D eigenvalue weighted by Crippen LogP contribution is -2.42. The van der Waals surface area contributed by atoms with E-state index in [1.54, 1.807) is 6.07 Å². The average molecular weight is 417 g/mol. The number of pyridine rings is 1. The molecular formula is C22H29ClN4O2. The number of carbonyl (C=O) groups is 1. The number of fused-ring (bicyclic) bond motifs is 1. The number of nitrogens with one attached hydrogen (secondary N) is 1. The van der Waals surface area contributed by atoms with E-state index in [2.05, 4.69) is 10.2 Å². The number of anilines is 1. The highest BCUT2D eigenvalue weighted by Crippen LogP contribution is 2.29. The Kier molecular flexibility index (Phi) is 5.95. The molecule has 2 fully saturated rings. The number of nitrogens with zero attached hydrogens (tertiary/aromatic N) is 2. The van der Waals surface area contributed by atoms with Gasteiger partial charge in [0.05, 0.1) is 21.7 Å². The molecule has 0 bridgehead atoms. The standard InChI is InChI=1S/C22H29ClN4O2/c23-17-6-7-18-16(5-8-19(26-18)27-12-9-15(24)13-27)20(17)21(28)25-14-22(29)10-3-1-2-4-11-22/h5-8,15,29H,1-4,9-14,24H2,(H,25,28). The Labute approximate surface area is 176 Å². The molecule has 2 heterocycles. The third kappa shape index (κ3) is 4.49. The van der Waals surface area contributed by atoms with Gasteiger partial charge >= 0.3 is 0 Å². The topological polar surface area (TPSA) is 91.5 Å². The number of benzene rings is 1. The fourth-order valence-corrected chi connectivity index (χ4v) is 4.72. The molecule has 4 N–H and O–H groups in total. The zero-order chi connectivity index (χ0) is 20.4. The SMILES string of the molecule is NC1CCN(c2ccc3c(C(=O)NCC4(O)CCCCCC4)c(Cl)ccc3n2)C1. The summed E-state index contributed by atoms with van der Waals surface area (Å²) in [6.45, 7) is 1.92. The summed E-state index contributed by atoms with van der Waals surface area (Å²) in [5.41, 5.74) is 6.33. The van der Waals surface area contributed by atoms with Gasteiger partial charge in [0.2, 0.25) is 0 Å². The molecule has 1 amide bonds. The molecule has 0 spiro atoms. The summed E-state index contributed by atoms with van der Waals surface area (Å²) < 4.78 is 0. The Hall–Kier alpha value is -1.89. The van der Waals surface area contributed by atoms with E-state index in [0.29, 0.717) is 10.6 Å². The monoisotopic (exact) mass is 416 g/mol. The molecule has 1 aromatic carbocycles. The van der Waals surface area contributed by atoms with Crippen LogP contribution in [0.25, 0.3) is 10.9 Å². The first-order chi connectivity index (χ1) is 14.0. The summed E-state index contributed by atoms with van der Waals surface area (Å²) in [4.78, 5) is 19.9. The first kappa shape index (κ1) is 20.4. The lowest BCUT2D eigenvalue weighted by Gasteiger charge is -2.27. The Balaban J connectivity index is 1.55. The van der Waals surface area contributed by atoms with Crippen molar-refractivity contribution >= 4 is 34.2 Å². The van der Waals surface area contributed by atoms with Crippen LogP contribution in [0.2, 0.25) is 5.02 Å². The van der Waals surface area contributed by atoms with Crippen LogP contribution >= 0.6 is 11.6 Å². The molecule has 2 aliphatic rings. The minimum Gasteiger partial charge on any atom is -0.388 e. The van der Waals surface area contributed by atoms with Gasteiger partial charge in [-0.2, -0.15) is 0 Å². The average Bonchev–Trinajstić information content (AvgIpc) is 3.03. The molecule has 1 saturated carbocycles. The summed E-state index contributed by atoms with van der Waals surface area (Å²) in [6.07, 6.45) is 6.67. The van der Waals surface area contributed by atoms with Crippen molar-refractivity contribution in [2.45, 2.75) is 56.6 Å². The third-order valence-electron chi connectivity index (χ3n) is 6.19. The van der Waals surface area contributed by atoms with Gasteiger partial charge in [-0.05, 0) is 43.5 Å². The van der Waals surface area contributed by atoms with Crippen molar-refractivity contribution in [3.8, 4) is 0 Å². The molecule has 6 nitrogen and oxygen atoms in total. The first-order valence-electron chi connectivity index (χ1n) is 10.6. The van der Waals surface area contributed by atoms with E-state index in [-0.39, 0.29) is 18.5 Å². The summed E-state index contributed by atoms with van der Waals surface area (Å²) in [5.74, 6) is 0.600. The third-order valence-corrected chi connectivity index (χ3v) is 6.51. The number of hydrogen-bond acceptors (Lipinski definition) is 5. The van der Waals surface area contributed by atoms with Crippen molar-refractivity contribution in [1.29, 1.82) is 0 Å². The highest BCUT2D eigenvalue weighted by Gasteiger charge is 2.29. The van der Waals surface area contributed by atoms with Crippen molar-refractivity contribution in [1.82, 2.24) is 10.3 Å². The number of halogens is 1. The summed E-state index contributed by atoms with van der Waals surface area (Å²) >= 11 is 6.39. The zero-order valence-corrected chi connectivity index (χ0v) is 17.4. The van der Waals surface area contributed by atoms with Gasteiger partial charge in [0, 0.05) is 31.1 Å². The zero-order valence-electron chi connectivity index (χ0n) is 16.7. The van der Waals surface area contributed by atoms with Crippen LogP contribution in [0.3, 0.4) is 0 Å². The van der Waals surface area contributed by atoms with Crippen molar-refractivity contribution in [3.05, 3.63) is 34.9 Å². The number of aromatic nitrogens is 1. The Morgan fingerprint density at radius 3 is 2.69 bits per heavy atom. The van der Waals surface area contributed by atoms with Gasteiger partial charge in [-0.1, -0.05) is 37.3 Å². The molecule has 1 aliphatic carbocycles. The Morgan fingerprint density at radius 2 is 2.00 bits per heavy atom. The largest absolute Gasteiger partial charge is 0.388 e. The number of nitrogens with two attached hydrogens (primary N) is 1. The van der Waals surface area contributed by atoms with E-state index >= 15 is 0 Å². The highest BCUT2D eigenvalue weighted by molar-refractivity contribution is 6.35. The molecule has 1 unspecified atom stereocenters. The molecule has 2 aromatic rings. The molecule has 4 rings (SSSR count). The minimum absolute atomic E-state index is 0.175. The van der Waals surface area contributed by atoms with E-state index in [4.69, 9.17) is 22.3 Å². The molecule has 1 aromatic heterocycles. The van der Waals surface area contributed by atoms with Crippen LogP contribution in [-0.2, 0) is 0 Å².